The van der Waals surface area contributed by atoms with Crippen LogP contribution >= 0.6 is 0 Å². The molecule has 2 aromatic rings. The number of hydrogen-bond acceptors (Lipinski definition) is 13. The number of aryl methyl sites for hydroxylation is 1. The summed E-state index contributed by atoms with van der Waals surface area (Å²) in [4.78, 5) is 43.4. The zero-order chi connectivity index (χ0) is 29.3. The van der Waals surface area contributed by atoms with Gasteiger partial charge in [0.1, 0.15) is 36.6 Å². The van der Waals surface area contributed by atoms with Crippen molar-refractivity contribution in [3.63, 3.8) is 0 Å². The van der Waals surface area contributed by atoms with Gasteiger partial charge in [0.15, 0.2) is 6.23 Å². The lowest BCUT2D eigenvalue weighted by atomic mass is 10.1. The van der Waals surface area contributed by atoms with Crippen LogP contribution in [0.3, 0.4) is 0 Å². The van der Waals surface area contributed by atoms with Crippen LogP contribution in [0.4, 0.5) is 11.6 Å². The fourth-order valence-electron chi connectivity index (χ4n) is 4.48. The Morgan fingerprint density at radius 1 is 1.25 bits per heavy atom. The van der Waals surface area contributed by atoms with Gasteiger partial charge >= 0.3 is 5.69 Å². The maximum atomic E-state index is 12.7. The van der Waals surface area contributed by atoms with E-state index in [1.807, 2.05) is 0 Å². The van der Waals surface area contributed by atoms with Crippen LogP contribution in [0.15, 0.2) is 47.2 Å². The molecule has 0 aliphatic carbocycles. The third-order valence-corrected chi connectivity index (χ3v) is 6.61. The number of phenolic OH excluding ortho intramolecular Hbond substituents is 1. The molecule has 4 heterocycles. The lowest BCUT2D eigenvalue weighted by Gasteiger charge is -2.24. The minimum Gasteiger partial charge on any atom is -0.505 e. The number of aromatic nitrogens is 3. The molecule has 1 aromatic carbocycles. The number of nitrogens with two attached hydrogens (primary N) is 2. The van der Waals surface area contributed by atoms with Crippen molar-refractivity contribution in [1.29, 1.82) is 0 Å². The molecule has 3 aliphatic heterocycles. The number of phenols is 1. The Hall–Kier alpha value is -4.35. The van der Waals surface area contributed by atoms with Gasteiger partial charge in [-0.1, -0.05) is 12.1 Å². The Bertz CT molecular complexity index is 1430. The van der Waals surface area contributed by atoms with E-state index in [-0.39, 0.29) is 28.9 Å². The number of aromatic hydroxyl groups is 1. The van der Waals surface area contributed by atoms with Crippen LogP contribution in [-0.2, 0) is 9.53 Å². The molecule has 10 N–H and O–H groups in total. The van der Waals surface area contributed by atoms with Crippen molar-refractivity contribution in [2.45, 2.75) is 50.2 Å². The van der Waals surface area contributed by atoms with Crippen molar-refractivity contribution in [3.8, 4) is 5.75 Å². The molecule has 2 amide bonds. The summed E-state index contributed by atoms with van der Waals surface area (Å²) >= 11 is 0. The van der Waals surface area contributed by atoms with Gasteiger partial charge in [-0.2, -0.15) is 4.98 Å². The zero-order valence-electron chi connectivity index (χ0n) is 21.2. The molecule has 0 spiro atoms. The van der Waals surface area contributed by atoms with E-state index in [2.05, 4.69) is 15.3 Å². The van der Waals surface area contributed by atoms with Gasteiger partial charge in [0.05, 0.1) is 23.9 Å². The van der Waals surface area contributed by atoms with Gasteiger partial charge in [0.25, 0.3) is 5.91 Å². The van der Waals surface area contributed by atoms with Crippen molar-refractivity contribution < 1.29 is 39.9 Å². The van der Waals surface area contributed by atoms with Crippen molar-refractivity contribution in [2.24, 2.45) is 5.73 Å². The minimum atomic E-state index is -1.35. The molecule has 40 heavy (non-hydrogen) atoms. The quantitative estimate of drug-likeness (QED) is 0.141. The number of amides is 2. The van der Waals surface area contributed by atoms with E-state index in [4.69, 9.17) is 21.3 Å². The predicted octanol–water partition coefficient (Wildman–Crippen LogP) is -2.58. The number of allylic oxidation sites excluding steroid dienone is 1. The van der Waals surface area contributed by atoms with E-state index >= 15 is 0 Å². The number of aliphatic hydroxyl groups excluding tert-OH is 4. The molecule has 0 saturated carbocycles. The minimum absolute atomic E-state index is 0.0473. The van der Waals surface area contributed by atoms with Gasteiger partial charge in [-0.25, -0.2) is 9.78 Å². The molecule has 16 nitrogen and oxygen atoms in total. The highest BCUT2D eigenvalue weighted by atomic mass is 16.6. The Morgan fingerprint density at radius 2 is 1.98 bits per heavy atom. The summed E-state index contributed by atoms with van der Waals surface area (Å²) in [7, 11) is 0. The molecule has 1 aromatic heterocycles. The number of hydrogen-bond donors (Lipinski definition) is 8. The number of nitrogen functional groups attached to an aromatic ring is 1. The summed E-state index contributed by atoms with van der Waals surface area (Å²) in [5.74, 6) is -1.15. The van der Waals surface area contributed by atoms with Gasteiger partial charge in [-0.3, -0.25) is 14.2 Å². The first-order chi connectivity index (χ1) is 18.9. The summed E-state index contributed by atoms with van der Waals surface area (Å²) in [6, 6.07) is 2.73. The molecular weight excluding hydrogens is 530 g/mol. The first-order valence-electron chi connectivity index (χ1n) is 12.0. The molecular formula is C24H29N7O9. The molecule has 1 saturated heterocycles. The van der Waals surface area contributed by atoms with Gasteiger partial charge in [0, 0.05) is 12.3 Å². The number of anilines is 2. The van der Waals surface area contributed by atoms with Crippen LogP contribution in [0.1, 0.15) is 28.6 Å². The molecule has 0 unspecified atom stereocenters. The van der Waals surface area contributed by atoms with Crippen molar-refractivity contribution in [2.75, 3.05) is 17.7 Å². The van der Waals surface area contributed by atoms with Crippen molar-refractivity contribution >= 4 is 23.5 Å². The number of primary amides is 1. The standard InChI is InChI=1S/C16H17N3O4.C8H12N4O5/c1-8-2-4-10-13(14(8)21)18-15(22)11-6-9(3-5-12(17)20)7-19(11)16(10)23;9-7-10-2-12(8(16)11-7)6-5(15)4(14)3(1-13)17-6/h2-5,7,11,15,18,21-22H,6H2,1H3,(H2,17,20);2-6,13-15H,1H2,(H2,9,11,16)/b5-3+;/t11-,15-;3-,4-,5-,6-/m01/s1. The Morgan fingerprint density at radius 3 is 2.60 bits per heavy atom. The highest BCUT2D eigenvalue weighted by Crippen LogP contribution is 2.38. The number of nitrogens with one attached hydrogen (secondary N) is 1. The molecule has 16 heteroatoms. The topological polar surface area (TPSA) is 260 Å². The lowest BCUT2D eigenvalue weighted by molar-refractivity contribution is -0.113. The summed E-state index contributed by atoms with van der Waals surface area (Å²) < 4.78 is 6.04. The fourth-order valence-corrected chi connectivity index (χ4v) is 4.48. The smallest absolute Gasteiger partial charge is 0.354 e. The van der Waals surface area contributed by atoms with Crippen LogP contribution in [0, 0.1) is 6.92 Å². The number of nitrogens with zero attached hydrogens (tertiary/aromatic N) is 4. The Kier molecular flexibility index (Phi) is 8.17. The highest BCUT2D eigenvalue weighted by molar-refractivity contribution is 6.03. The molecule has 0 radical (unpaired) electrons. The Balaban J connectivity index is 0.000000194. The van der Waals surface area contributed by atoms with Gasteiger partial charge in [0.2, 0.25) is 11.9 Å². The number of fused-ring (bicyclic) bond motifs is 2. The first kappa shape index (κ1) is 28.7. The van der Waals surface area contributed by atoms with E-state index < -0.39 is 55.0 Å². The van der Waals surface area contributed by atoms with Crippen LogP contribution in [0.2, 0.25) is 0 Å². The Labute approximate surface area is 226 Å². The largest absolute Gasteiger partial charge is 0.505 e. The van der Waals surface area contributed by atoms with Gasteiger partial charge in [-0.15, -0.1) is 0 Å². The first-order valence-corrected chi connectivity index (χ1v) is 12.0. The summed E-state index contributed by atoms with van der Waals surface area (Å²) in [6.45, 7) is 1.24. The number of aliphatic hydroxyl groups is 4. The number of ether oxygens (including phenoxy) is 1. The number of benzene rings is 1. The molecule has 5 rings (SSSR count). The van der Waals surface area contributed by atoms with Crippen molar-refractivity contribution in [1.82, 2.24) is 19.4 Å². The SMILES string of the molecule is Cc1ccc2c(c1O)N[C@@H](O)[C@@H]1CC(/C=C/C(N)=O)=CN1C2=O.Nc1ncn([C@@H]2O[C@H](CO)[C@@H](O)[C@H]2O)c(=O)n1. The van der Waals surface area contributed by atoms with E-state index in [0.717, 1.165) is 10.9 Å². The number of carbonyl (C=O) groups excluding carboxylic acids is 2. The van der Waals surface area contributed by atoms with E-state index in [9.17, 15) is 34.8 Å². The maximum absolute atomic E-state index is 12.7. The maximum Gasteiger partial charge on any atom is 0.354 e. The second kappa shape index (κ2) is 11.4. The van der Waals surface area contributed by atoms with Gasteiger partial charge in [-0.05, 0) is 30.5 Å². The average molecular weight is 560 g/mol. The van der Waals surface area contributed by atoms with Crippen LogP contribution in [-0.4, -0.2) is 94.0 Å². The molecule has 1 fully saturated rings. The molecule has 3 aliphatic rings. The van der Waals surface area contributed by atoms with E-state index in [0.29, 0.717) is 17.6 Å². The fraction of sp³-hybridized carbons (Fsp3) is 0.375. The summed E-state index contributed by atoms with van der Waals surface area (Å²) in [6.07, 6.45) is -0.0215. The zero-order valence-corrected chi connectivity index (χ0v) is 21.2. The highest BCUT2D eigenvalue weighted by Gasteiger charge is 2.44. The average Bonchev–Trinajstić information content (AvgIpc) is 3.44. The molecule has 0 bridgehead atoms. The van der Waals surface area contributed by atoms with E-state index in [1.54, 1.807) is 25.3 Å². The summed E-state index contributed by atoms with van der Waals surface area (Å²) in [5, 5.41) is 51.4. The van der Waals surface area contributed by atoms with Crippen molar-refractivity contribution in [3.05, 3.63) is 64.0 Å². The molecule has 6 atom stereocenters. The lowest BCUT2D eigenvalue weighted by Crippen LogP contribution is -2.42. The molecule has 214 valence electrons. The predicted molar refractivity (Wildman–Crippen MR) is 137 cm³/mol. The van der Waals surface area contributed by atoms with Crippen LogP contribution in [0.5, 0.6) is 5.75 Å². The van der Waals surface area contributed by atoms with Crippen LogP contribution in [0.25, 0.3) is 0 Å². The van der Waals surface area contributed by atoms with E-state index in [1.165, 1.54) is 17.1 Å². The number of rotatable bonds is 4. The second-order valence-corrected chi connectivity index (χ2v) is 9.30. The van der Waals surface area contributed by atoms with Gasteiger partial charge < -0.3 is 52.0 Å². The monoisotopic (exact) mass is 559 g/mol. The third-order valence-electron chi connectivity index (χ3n) is 6.61. The second-order valence-electron chi connectivity index (χ2n) is 9.30. The van der Waals surface area contributed by atoms with Crippen LogP contribution < -0.4 is 22.5 Å². The third kappa shape index (κ3) is 5.51. The number of carbonyl (C=O) groups is 2. The normalized spacial score (nSPS) is 27.3. The summed E-state index contributed by atoms with van der Waals surface area (Å²) in [5.41, 5.74) is 11.4.